The molecule has 1 aliphatic heterocycles. The van der Waals surface area contributed by atoms with Crippen LogP contribution in [0.1, 0.15) is 21.5 Å². The number of aromatic nitrogens is 2. The summed E-state index contributed by atoms with van der Waals surface area (Å²) in [4.78, 5) is 35.6. The minimum Gasteiger partial charge on any atom is -0.503 e. The third kappa shape index (κ3) is 2.43. The van der Waals surface area contributed by atoms with Gasteiger partial charge in [-0.2, -0.15) is 0 Å². The maximum Gasteiger partial charge on any atom is 0.296 e. The number of aliphatic hydroxyl groups excluding tert-OH is 1. The van der Waals surface area contributed by atoms with Crippen LogP contribution in [0.25, 0.3) is 0 Å². The molecule has 4 heterocycles. The molecule has 3 aromatic rings. The Morgan fingerprint density at radius 1 is 1.20 bits per heavy atom. The lowest BCUT2D eigenvalue weighted by molar-refractivity contribution is -0.117. The minimum absolute atomic E-state index is 0.0464. The standard InChI is InChI=1S/C17H11N3O4S/c21-14(10-4-1-8-24-10)12-13(11-5-2-9-25-11)20(16(23)15(12)22)17-18-6-3-7-19-17/h1-9,13,22H/t13-/m0/s1. The summed E-state index contributed by atoms with van der Waals surface area (Å²) in [5, 5.41) is 12.2. The fourth-order valence-electron chi connectivity index (χ4n) is 2.72. The van der Waals surface area contributed by atoms with Gasteiger partial charge in [0.05, 0.1) is 11.8 Å². The van der Waals surface area contributed by atoms with Crippen LogP contribution in [0, 0.1) is 0 Å². The highest BCUT2D eigenvalue weighted by atomic mass is 32.1. The lowest BCUT2D eigenvalue weighted by Gasteiger charge is -2.23. The largest absolute Gasteiger partial charge is 0.503 e. The predicted molar refractivity (Wildman–Crippen MR) is 89.3 cm³/mol. The summed E-state index contributed by atoms with van der Waals surface area (Å²) in [5.74, 6) is -1.73. The van der Waals surface area contributed by atoms with Gasteiger partial charge in [-0.3, -0.25) is 14.5 Å². The van der Waals surface area contributed by atoms with E-state index in [0.29, 0.717) is 4.88 Å². The Kier molecular flexibility index (Phi) is 3.66. The molecular weight excluding hydrogens is 342 g/mol. The van der Waals surface area contributed by atoms with E-state index in [-0.39, 0.29) is 17.3 Å². The normalized spacial score (nSPS) is 17.4. The summed E-state index contributed by atoms with van der Waals surface area (Å²) >= 11 is 1.36. The van der Waals surface area contributed by atoms with Crippen LogP contribution in [-0.4, -0.2) is 26.8 Å². The summed E-state index contributed by atoms with van der Waals surface area (Å²) in [6.07, 6.45) is 4.34. The summed E-state index contributed by atoms with van der Waals surface area (Å²) in [7, 11) is 0. The van der Waals surface area contributed by atoms with Gasteiger partial charge in [-0.05, 0) is 29.6 Å². The first-order valence-corrected chi connectivity index (χ1v) is 8.21. The van der Waals surface area contributed by atoms with Crippen LogP contribution in [0.4, 0.5) is 5.95 Å². The van der Waals surface area contributed by atoms with E-state index >= 15 is 0 Å². The molecule has 3 aromatic heterocycles. The van der Waals surface area contributed by atoms with Gasteiger partial charge >= 0.3 is 0 Å². The number of thiophene rings is 1. The smallest absolute Gasteiger partial charge is 0.296 e. The summed E-state index contributed by atoms with van der Waals surface area (Å²) < 4.78 is 5.15. The Hall–Kier alpha value is -3.26. The van der Waals surface area contributed by atoms with Crippen molar-refractivity contribution >= 4 is 29.0 Å². The zero-order chi connectivity index (χ0) is 17.4. The van der Waals surface area contributed by atoms with Gasteiger partial charge in [0.25, 0.3) is 5.91 Å². The van der Waals surface area contributed by atoms with Gasteiger partial charge < -0.3 is 9.52 Å². The van der Waals surface area contributed by atoms with Gasteiger partial charge in [-0.25, -0.2) is 9.97 Å². The van der Waals surface area contributed by atoms with Crippen molar-refractivity contribution in [3.05, 3.63) is 76.3 Å². The summed E-state index contributed by atoms with van der Waals surface area (Å²) in [6, 6.07) is 7.45. The molecule has 1 amide bonds. The van der Waals surface area contributed by atoms with E-state index in [0.717, 1.165) is 0 Å². The second kappa shape index (κ2) is 5.99. The first kappa shape index (κ1) is 15.3. The molecule has 0 saturated carbocycles. The second-order valence-corrected chi connectivity index (χ2v) is 6.19. The predicted octanol–water partition coefficient (Wildman–Crippen LogP) is 2.91. The number of ketones is 1. The highest BCUT2D eigenvalue weighted by Crippen LogP contribution is 2.42. The van der Waals surface area contributed by atoms with Crippen LogP contribution in [0.15, 0.2) is 70.1 Å². The monoisotopic (exact) mass is 353 g/mol. The fraction of sp³-hybridized carbons (Fsp3) is 0.0588. The topological polar surface area (TPSA) is 96.5 Å². The number of furan rings is 1. The van der Waals surface area contributed by atoms with E-state index in [1.165, 1.54) is 41.0 Å². The van der Waals surface area contributed by atoms with E-state index in [2.05, 4.69) is 9.97 Å². The van der Waals surface area contributed by atoms with Crippen LogP contribution in [0.2, 0.25) is 0 Å². The number of hydrogen-bond acceptors (Lipinski definition) is 7. The van der Waals surface area contributed by atoms with Crippen molar-refractivity contribution in [2.75, 3.05) is 4.90 Å². The number of aliphatic hydroxyl groups is 1. The van der Waals surface area contributed by atoms with Crippen LogP contribution in [0.3, 0.4) is 0 Å². The van der Waals surface area contributed by atoms with E-state index < -0.39 is 23.5 Å². The number of Topliss-reactive ketones (excluding diaryl/α,β-unsaturated/α-hetero) is 1. The zero-order valence-electron chi connectivity index (χ0n) is 12.7. The Balaban J connectivity index is 1.87. The van der Waals surface area contributed by atoms with Crippen molar-refractivity contribution in [2.45, 2.75) is 6.04 Å². The maximum atomic E-state index is 12.8. The van der Waals surface area contributed by atoms with Crippen LogP contribution in [-0.2, 0) is 4.79 Å². The molecule has 124 valence electrons. The third-order valence-corrected chi connectivity index (χ3v) is 4.70. The number of anilines is 1. The zero-order valence-corrected chi connectivity index (χ0v) is 13.5. The van der Waals surface area contributed by atoms with E-state index in [9.17, 15) is 14.7 Å². The lowest BCUT2D eigenvalue weighted by Crippen LogP contribution is -2.32. The van der Waals surface area contributed by atoms with E-state index in [1.807, 2.05) is 5.38 Å². The molecule has 1 atom stereocenters. The molecule has 1 aliphatic rings. The molecule has 0 spiro atoms. The Morgan fingerprint density at radius 2 is 2.00 bits per heavy atom. The molecule has 0 radical (unpaired) electrons. The quantitative estimate of drug-likeness (QED) is 0.725. The second-order valence-electron chi connectivity index (χ2n) is 5.21. The van der Waals surface area contributed by atoms with Crippen molar-refractivity contribution in [1.82, 2.24) is 9.97 Å². The summed E-state index contributed by atoms with van der Waals surface area (Å²) in [5.41, 5.74) is -0.0464. The number of carbonyl (C=O) groups is 2. The van der Waals surface area contributed by atoms with Gasteiger partial charge in [-0.1, -0.05) is 6.07 Å². The van der Waals surface area contributed by atoms with Crippen molar-refractivity contribution in [3.63, 3.8) is 0 Å². The molecule has 4 rings (SSSR count). The molecule has 0 aliphatic carbocycles. The van der Waals surface area contributed by atoms with Crippen molar-refractivity contribution < 1.29 is 19.1 Å². The first-order valence-electron chi connectivity index (χ1n) is 7.34. The number of amides is 1. The van der Waals surface area contributed by atoms with E-state index in [1.54, 1.807) is 24.3 Å². The average Bonchev–Trinajstić information content (AvgIpc) is 3.37. The molecule has 0 bridgehead atoms. The molecule has 0 unspecified atom stereocenters. The highest BCUT2D eigenvalue weighted by Gasteiger charge is 2.46. The van der Waals surface area contributed by atoms with Gasteiger partial charge in [0.2, 0.25) is 11.7 Å². The van der Waals surface area contributed by atoms with Crippen molar-refractivity contribution in [3.8, 4) is 0 Å². The number of carbonyl (C=O) groups excluding carboxylic acids is 2. The molecule has 0 fully saturated rings. The van der Waals surface area contributed by atoms with Gasteiger partial charge in [0.15, 0.2) is 11.5 Å². The Morgan fingerprint density at radius 3 is 2.64 bits per heavy atom. The molecule has 8 heteroatoms. The molecular formula is C17H11N3O4S. The van der Waals surface area contributed by atoms with Crippen LogP contribution >= 0.6 is 11.3 Å². The average molecular weight is 353 g/mol. The molecule has 0 saturated heterocycles. The molecule has 0 aromatic carbocycles. The SMILES string of the molecule is O=C(C1=C(O)C(=O)N(c2ncccn2)[C@H]1c1cccs1)c1ccco1. The minimum atomic E-state index is -0.813. The fourth-order valence-corrected chi connectivity index (χ4v) is 3.54. The van der Waals surface area contributed by atoms with Gasteiger partial charge in [0.1, 0.15) is 6.04 Å². The van der Waals surface area contributed by atoms with E-state index in [4.69, 9.17) is 4.42 Å². The van der Waals surface area contributed by atoms with Crippen molar-refractivity contribution in [1.29, 1.82) is 0 Å². The Labute approximate surface area is 145 Å². The Bertz CT molecular complexity index is 949. The van der Waals surface area contributed by atoms with Gasteiger partial charge in [0, 0.05) is 17.3 Å². The first-order chi connectivity index (χ1) is 12.2. The number of rotatable bonds is 4. The third-order valence-electron chi connectivity index (χ3n) is 3.78. The van der Waals surface area contributed by atoms with Crippen molar-refractivity contribution in [2.24, 2.45) is 0 Å². The van der Waals surface area contributed by atoms with Crippen LogP contribution in [0.5, 0.6) is 0 Å². The highest BCUT2D eigenvalue weighted by molar-refractivity contribution is 7.10. The molecule has 7 nitrogen and oxygen atoms in total. The lowest BCUT2D eigenvalue weighted by atomic mass is 10.0. The van der Waals surface area contributed by atoms with Gasteiger partial charge in [-0.15, -0.1) is 11.3 Å². The molecule has 25 heavy (non-hydrogen) atoms. The summed E-state index contributed by atoms with van der Waals surface area (Å²) in [6.45, 7) is 0. The maximum absolute atomic E-state index is 12.8. The van der Waals surface area contributed by atoms with Crippen LogP contribution < -0.4 is 4.90 Å². The number of nitrogens with zero attached hydrogens (tertiary/aromatic N) is 3. The number of hydrogen-bond donors (Lipinski definition) is 1. The molecule has 1 N–H and O–H groups in total.